The third-order valence-electron chi connectivity index (χ3n) is 1.73. The van der Waals surface area contributed by atoms with Crippen molar-refractivity contribution in [3.05, 3.63) is 36.1 Å². The zero-order chi connectivity index (χ0) is 8.55. The lowest BCUT2D eigenvalue weighted by atomic mass is 10.1. The zero-order valence-corrected chi connectivity index (χ0v) is 6.15. The maximum absolute atomic E-state index is 11.0. The minimum Gasteiger partial charge on any atom is -0.515 e. The van der Waals surface area contributed by atoms with Gasteiger partial charge in [0.25, 0.3) is 0 Å². The quantitative estimate of drug-likeness (QED) is 0.272. The maximum atomic E-state index is 11.0. The Balaban J connectivity index is 2.62. The number of ether oxygens (including phenoxy) is 1. The van der Waals surface area contributed by atoms with E-state index in [1.165, 1.54) is 0 Å². The van der Waals surface area contributed by atoms with Crippen molar-refractivity contribution in [2.45, 2.75) is 0 Å². The highest BCUT2D eigenvalue weighted by atomic mass is 16.5. The molecule has 1 aromatic rings. The number of carbonyl (C=O) groups excluding carboxylic acids is 1. The first kappa shape index (κ1) is 6.91. The third kappa shape index (κ3) is 0.797. The highest BCUT2D eigenvalue weighted by molar-refractivity contribution is 6.21. The monoisotopic (exact) mass is 162 g/mol. The third-order valence-corrected chi connectivity index (χ3v) is 1.73. The van der Waals surface area contributed by atoms with E-state index in [0.717, 1.165) is 6.26 Å². The molecular formula is C9H6O3. The molecule has 0 bridgehead atoms. The summed E-state index contributed by atoms with van der Waals surface area (Å²) in [7, 11) is 0. The summed E-state index contributed by atoms with van der Waals surface area (Å²) in [5, 5.41) is 8.72. The van der Waals surface area contributed by atoms with E-state index in [0.29, 0.717) is 11.3 Å². The van der Waals surface area contributed by atoms with Crippen LogP contribution in [0, 0.1) is 0 Å². The van der Waals surface area contributed by atoms with Gasteiger partial charge in [-0.25, -0.2) is 4.79 Å². The van der Waals surface area contributed by atoms with Crippen LogP contribution in [0.2, 0.25) is 0 Å². The molecule has 1 N–H and O–H groups in total. The van der Waals surface area contributed by atoms with Gasteiger partial charge in [0.1, 0.15) is 11.3 Å². The Labute approximate surface area is 68.9 Å². The molecule has 0 radical (unpaired) electrons. The fourth-order valence-corrected chi connectivity index (χ4v) is 1.17. The average molecular weight is 162 g/mol. The number of aliphatic hydroxyl groups excluding tert-OH is 1. The van der Waals surface area contributed by atoms with Gasteiger partial charge in [0.2, 0.25) is 0 Å². The van der Waals surface area contributed by atoms with Crippen molar-refractivity contribution in [3.63, 3.8) is 0 Å². The Hall–Kier alpha value is -1.77. The first-order valence-corrected chi connectivity index (χ1v) is 3.49. The summed E-state index contributed by atoms with van der Waals surface area (Å²) in [6.45, 7) is 0. The smallest absolute Gasteiger partial charge is 0.347 e. The van der Waals surface area contributed by atoms with E-state index >= 15 is 0 Å². The Morgan fingerprint density at radius 3 is 2.83 bits per heavy atom. The Bertz CT molecular complexity index is 366. The van der Waals surface area contributed by atoms with Crippen LogP contribution in [0.3, 0.4) is 0 Å². The number of benzene rings is 1. The van der Waals surface area contributed by atoms with Gasteiger partial charge in [0, 0.05) is 5.56 Å². The van der Waals surface area contributed by atoms with E-state index in [1.54, 1.807) is 24.3 Å². The molecule has 0 saturated carbocycles. The number of rotatable bonds is 0. The van der Waals surface area contributed by atoms with Crippen molar-refractivity contribution in [2.75, 3.05) is 0 Å². The fraction of sp³-hybridized carbons (Fsp3) is 0. The number of esters is 1. The van der Waals surface area contributed by atoms with Gasteiger partial charge >= 0.3 is 5.97 Å². The molecule has 1 aromatic carbocycles. The molecular weight excluding hydrogens is 156 g/mol. The molecule has 0 aliphatic carbocycles. The van der Waals surface area contributed by atoms with Crippen LogP contribution in [0.15, 0.2) is 30.5 Å². The first-order chi connectivity index (χ1) is 5.83. The summed E-state index contributed by atoms with van der Waals surface area (Å²) >= 11 is 0. The lowest BCUT2D eigenvalue weighted by molar-refractivity contribution is -0.127. The number of aliphatic hydroxyl groups is 1. The number of fused-ring (bicyclic) bond motifs is 1. The molecule has 0 aromatic heterocycles. The minimum atomic E-state index is -0.501. The van der Waals surface area contributed by atoms with Gasteiger partial charge in [-0.2, -0.15) is 0 Å². The summed E-state index contributed by atoms with van der Waals surface area (Å²) in [4.78, 5) is 11.0. The van der Waals surface area contributed by atoms with Crippen LogP contribution in [-0.2, 0) is 4.79 Å². The van der Waals surface area contributed by atoms with Crippen LogP contribution in [0.4, 0.5) is 0 Å². The summed E-state index contributed by atoms with van der Waals surface area (Å²) < 4.78 is 4.84. The molecule has 0 saturated heterocycles. The maximum Gasteiger partial charge on any atom is 0.347 e. The molecule has 60 valence electrons. The molecule has 1 heterocycles. The Kier molecular flexibility index (Phi) is 1.37. The second-order valence-electron chi connectivity index (χ2n) is 2.43. The summed E-state index contributed by atoms with van der Waals surface area (Å²) in [5.74, 6) is 0.00139. The van der Waals surface area contributed by atoms with E-state index in [4.69, 9.17) is 9.84 Å². The average Bonchev–Trinajstić information content (AvgIpc) is 2.40. The Morgan fingerprint density at radius 1 is 1.33 bits per heavy atom. The first-order valence-electron chi connectivity index (χ1n) is 3.49. The molecule has 0 atom stereocenters. The molecule has 0 spiro atoms. The lowest BCUT2D eigenvalue weighted by Gasteiger charge is -1.91. The number of para-hydroxylation sites is 1. The highest BCUT2D eigenvalue weighted by Gasteiger charge is 2.26. The summed E-state index contributed by atoms with van der Waals surface area (Å²) in [5.41, 5.74) is 0.857. The zero-order valence-electron chi connectivity index (χ0n) is 6.15. The van der Waals surface area contributed by atoms with E-state index in [2.05, 4.69) is 0 Å². The van der Waals surface area contributed by atoms with Gasteiger partial charge in [-0.05, 0) is 6.07 Å². The molecule has 0 amide bonds. The molecule has 2 rings (SSSR count). The van der Waals surface area contributed by atoms with Gasteiger partial charge < -0.3 is 9.84 Å². The summed E-state index contributed by atoms with van der Waals surface area (Å²) in [6.07, 6.45) is 0.772. The molecule has 1 aliphatic rings. The topological polar surface area (TPSA) is 46.5 Å². The van der Waals surface area contributed by atoms with Gasteiger partial charge in [-0.3, -0.25) is 0 Å². The molecule has 0 fully saturated rings. The number of hydrogen-bond acceptors (Lipinski definition) is 3. The van der Waals surface area contributed by atoms with Crippen LogP contribution in [0.1, 0.15) is 5.56 Å². The Morgan fingerprint density at radius 2 is 2.08 bits per heavy atom. The van der Waals surface area contributed by atoms with Crippen LogP contribution in [0.25, 0.3) is 5.57 Å². The van der Waals surface area contributed by atoms with Crippen LogP contribution < -0.4 is 4.74 Å². The van der Waals surface area contributed by atoms with Crippen molar-refractivity contribution in [3.8, 4) is 5.75 Å². The van der Waals surface area contributed by atoms with Crippen molar-refractivity contribution in [2.24, 2.45) is 0 Å². The van der Waals surface area contributed by atoms with Gasteiger partial charge in [0.15, 0.2) is 0 Å². The van der Waals surface area contributed by atoms with Gasteiger partial charge in [-0.1, -0.05) is 18.2 Å². The standard InChI is InChI=1S/C9H6O3/c10-5-7-6-3-1-2-4-8(6)12-9(7)11/h1-5,10H. The second-order valence-corrected chi connectivity index (χ2v) is 2.43. The van der Waals surface area contributed by atoms with Crippen molar-refractivity contribution < 1.29 is 14.6 Å². The molecule has 3 heteroatoms. The van der Waals surface area contributed by atoms with Crippen LogP contribution in [0.5, 0.6) is 5.75 Å². The number of hydrogen-bond donors (Lipinski definition) is 1. The van der Waals surface area contributed by atoms with E-state index in [1.807, 2.05) is 0 Å². The van der Waals surface area contributed by atoms with E-state index in [-0.39, 0.29) is 5.57 Å². The van der Waals surface area contributed by atoms with Crippen molar-refractivity contribution in [1.82, 2.24) is 0 Å². The normalized spacial score (nSPS) is 17.7. The van der Waals surface area contributed by atoms with Crippen molar-refractivity contribution >= 4 is 11.5 Å². The van der Waals surface area contributed by atoms with E-state index < -0.39 is 5.97 Å². The lowest BCUT2D eigenvalue weighted by Crippen LogP contribution is -2.00. The van der Waals surface area contributed by atoms with Crippen molar-refractivity contribution in [1.29, 1.82) is 0 Å². The molecule has 1 aliphatic heterocycles. The van der Waals surface area contributed by atoms with Gasteiger partial charge in [0.05, 0.1) is 6.26 Å². The van der Waals surface area contributed by atoms with Gasteiger partial charge in [-0.15, -0.1) is 0 Å². The molecule has 3 nitrogen and oxygen atoms in total. The second kappa shape index (κ2) is 2.37. The number of carbonyl (C=O) groups is 1. The van der Waals surface area contributed by atoms with E-state index in [9.17, 15) is 4.79 Å². The largest absolute Gasteiger partial charge is 0.515 e. The predicted octanol–water partition coefficient (Wildman–Crippen LogP) is 1.50. The molecule has 12 heavy (non-hydrogen) atoms. The summed E-state index contributed by atoms with van der Waals surface area (Å²) in [6, 6.07) is 6.96. The minimum absolute atomic E-state index is 0.214. The fourth-order valence-electron chi connectivity index (χ4n) is 1.17. The van der Waals surface area contributed by atoms with Crippen LogP contribution >= 0.6 is 0 Å². The molecule has 0 unspecified atom stereocenters. The van der Waals surface area contributed by atoms with Crippen LogP contribution in [-0.4, -0.2) is 11.1 Å². The SMILES string of the molecule is O=C1Oc2ccccc2C1=CO. The predicted molar refractivity (Wildman–Crippen MR) is 42.7 cm³/mol. The highest BCUT2D eigenvalue weighted by Crippen LogP contribution is 2.32.